The number of phenols is 1. The molecule has 5 heteroatoms. The summed E-state index contributed by atoms with van der Waals surface area (Å²) in [5.41, 5.74) is 3.07. The molecular weight excluding hydrogens is 308 g/mol. The lowest BCUT2D eigenvalue weighted by atomic mass is 10.1. The summed E-state index contributed by atoms with van der Waals surface area (Å²) in [6.07, 6.45) is 3.97. The number of carbonyl (C=O) groups excluding carboxylic acids is 1. The fraction of sp³-hybridized carbons (Fsp3) is 0.333. The third kappa shape index (κ3) is 4.05. The maximum Gasteiger partial charge on any atom is 0.221 e. The van der Waals surface area contributed by atoms with Gasteiger partial charge in [0.15, 0.2) is 0 Å². The van der Waals surface area contributed by atoms with E-state index >= 15 is 0 Å². The number of phenolic OH excluding ortho intramolecular Hbond substituents is 1. The monoisotopic (exact) mass is 328 g/mol. The van der Waals surface area contributed by atoms with Crippen LogP contribution in [0.5, 0.6) is 5.75 Å². The Balaban J connectivity index is 1.43. The summed E-state index contributed by atoms with van der Waals surface area (Å²) in [4.78, 5) is 16.4. The molecule has 0 spiro atoms. The van der Waals surface area contributed by atoms with Gasteiger partial charge in [-0.25, -0.2) is 0 Å². The van der Waals surface area contributed by atoms with Gasteiger partial charge in [0.1, 0.15) is 5.75 Å². The molecule has 1 aliphatic rings. The van der Waals surface area contributed by atoms with Gasteiger partial charge in [-0.05, 0) is 42.2 Å². The van der Waals surface area contributed by atoms with Crippen LogP contribution in [0, 0.1) is 0 Å². The number of hydrogen-bond donors (Lipinski definition) is 2. The van der Waals surface area contributed by atoms with E-state index in [0.717, 1.165) is 41.2 Å². The lowest BCUT2D eigenvalue weighted by Gasteiger charge is -2.14. The summed E-state index contributed by atoms with van der Waals surface area (Å²) < 4.78 is 0. The van der Waals surface area contributed by atoms with Gasteiger partial charge in [-0.1, -0.05) is 18.2 Å². The van der Waals surface area contributed by atoms with Gasteiger partial charge in [0.25, 0.3) is 0 Å². The van der Waals surface area contributed by atoms with E-state index in [0.29, 0.717) is 12.2 Å². The molecule has 1 unspecified atom stereocenters. The van der Waals surface area contributed by atoms with Gasteiger partial charge in [-0.2, -0.15) is 11.8 Å². The highest BCUT2D eigenvalue weighted by molar-refractivity contribution is 7.98. The van der Waals surface area contributed by atoms with Gasteiger partial charge in [0.05, 0.1) is 11.7 Å². The summed E-state index contributed by atoms with van der Waals surface area (Å²) in [6, 6.07) is 11.4. The first-order chi connectivity index (χ1) is 11.2. The number of pyridine rings is 1. The van der Waals surface area contributed by atoms with Crippen molar-refractivity contribution in [1.82, 2.24) is 10.3 Å². The highest BCUT2D eigenvalue weighted by Crippen LogP contribution is 2.36. The van der Waals surface area contributed by atoms with E-state index in [9.17, 15) is 9.90 Å². The number of thioether (sulfide) groups is 1. The van der Waals surface area contributed by atoms with E-state index in [4.69, 9.17) is 0 Å². The van der Waals surface area contributed by atoms with Crippen LogP contribution in [0.4, 0.5) is 0 Å². The quantitative estimate of drug-likeness (QED) is 0.799. The van der Waals surface area contributed by atoms with Crippen molar-refractivity contribution in [1.29, 1.82) is 0 Å². The maximum atomic E-state index is 12.1. The molecule has 0 fully saturated rings. The Labute approximate surface area is 140 Å². The topological polar surface area (TPSA) is 62.2 Å². The maximum absolute atomic E-state index is 12.1. The van der Waals surface area contributed by atoms with E-state index in [1.54, 1.807) is 24.0 Å². The molecule has 1 atom stereocenters. The molecule has 0 bridgehead atoms. The Morgan fingerprint density at radius 1 is 1.30 bits per heavy atom. The summed E-state index contributed by atoms with van der Waals surface area (Å²) in [7, 11) is 0. The Hall–Kier alpha value is -2.01. The van der Waals surface area contributed by atoms with Gasteiger partial charge in [-0.3, -0.25) is 9.78 Å². The molecule has 1 aromatic carbocycles. The minimum absolute atomic E-state index is 0.0328. The number of carbonyl (C=O) groups is 1. The number of aromatic hydroxyl groups is 1. The molecule has 0 saturated carbocycles. The van der Waals surface area contributed by atoms with Crippen LogP contribution < -0.4 is 5.32 Å². The number of aromatic nitrogens is 1. The second-order valence-electron chi connectivity index (χ2n) is 5.63. The first-order valence-corrected chi connectivity index (χ1v) is 8.97. The summed E-state index contributed by atoms with van der Waals surface area (Å²) >= 11 is 1.72. The zero-order valence-electron chi connectivity index (χ0n) is 12.9. The molecule has 2 aromatic rings. The average Bonchev–Trinajstić information content (AvgIpc) is 2.97. The molecule has 1 aromatic heterocycles. The van der Waals surface area contributed by atoms with Crippen molar-refractivity contribution in [3.05, 3.63) is 59.4 Å². The van der Waals surface area contributed by atoms with E-state index in [1.807, 2.05) is 30.3 Å². The van der Waals surface area contributed by atoms with Crippen LogP contribution in [0.1, 0.15) is 35.7 Å². The van der Waals surface area contributed by atoms with Crippen molar-refractivity contribution in [2.24, 2.45) is 0 Å². The van der Waals surface area contributed by atoms with Crippen LogP contribution in [0.25, 0.3) is 0 Å². The molecule has 0 saturated heterocycles. The molecule has 120 valence electrons. The molecule has 4 nitrogen and oxygen atoms in total. The highest BCUT2D eigenvalue weighted by Gasteiger charge is 2.25. The number of nitrogens with one attached hydrogen (secondary N) is 1. The lowest BCUT2D eigenvalue weighted by Crippen LogP contribution is -2.27. The Bertz CT molecular complexity index is 676. The van der Waals surface area contributed by atoms with Gasteiger partial charge >= 0.3 is 0 Å². The number of nitrogens with zero attached hydrogens (tertiary/aromatic N) is 1. The largest absolute Gasteiger partial charge is 0.508 e. The number of rotatable bonds is 6. The van der Waals surface area contributed by atoms with Crippen LogP contribution in [-0.4, -0.2) is 21.8 Å². The fourth-order valence-corrected chi connectivity index (χ4v) is 3.73. The van der Waals surface area contributed by atoms with Crippen LogP contribution in [0.15, 0.2) is 42.6 Å². The molecule has 1 heterocycles. The third-order valence-corrected chi connectivity index (χ3v) is 5.02. The van der Waals surface area contributed by atoms with Crippen molar-refractivity contribution in [3.8, 4) is 5.75 Å². The Kier molecular flexibility index (Phi) is 5.18. The standard InChI is InChI=1S/C18H20N2O2S/c21-17-6-3-5-14-15(17)7-8-16(14)20-18(22)9-11-23-12-13-4-1-2-10-19-13/h1-6,10,16,21H,7-9,11-12H2,(H,20,22). The molecule has 1 aliphatic carbocycles. The highest BCUT2D eigenvalue weighted by atomic mass is 32.2. The van der Waals surface area contributed by atoms with Crippen LogP contribution >= 0.6 is 11.8 Å². The van der Waals surface area contributed by atoms with Crippen LogP contribution in [0.2, 0.25) is 0 Å². The van der Waals surface area contributed by atoms with Crippen molar-refractivity contribution in [3.63, 3.8) is 0 Å². The number of benzene rings is 1. The fourth-order valence-electron chi connectivity index (χ4n) is 2.88. The molecule has 2 N–H and O–H groups in total. The average molecular weight is 328 g/mol. The first kappa shape index (κ1) is 15.9. The Morgan fingerprint density at radius 2 is 2.22 bits per heavy atom. The molecule has 0 aliphatic heterocycles. The van der Waals surface area contributed by atoms with Gasteiger partial charge < -0.3 is 10.4 Å². The number of hydrogen-bond acceptors (Lipinski definition) is 4. The van der Waals surface area contributed by atoms with Crippen LogP contribution in [0.3, 0.4) is 0 Å². The van der Waals surface area contributed by atoms with Gasteiger partial charge in [-0.15, -0.1) is 0 Å². The summed E-state index contributed by atoms with van der Waals surface area (Å²) in [5, 5.41) is 12.9. The van der Waals surface area contributed by atoms with E-state index in [2.05, 4.69) is 10.3 Å². The minimum atomic E-state index is 0.0328. The van der Waals surface area contributed by atoms with Crippen LogP contribution in [-0.2, 0) is 17.0 Å². The minimum Gasteiger partial charge on any atom is -0.508 e. The smallest absolute Gasteiger partial charge is 0.221 e. The SMILES string of the molecule is O=C(CCSCc1ccccn1)NC1CCc2c(O)cccc21. The van der Waals surface area contributed by atoms with E-state index in [1.165, 1.54) is 0 Å². The second kappa shape index (κ2) is 7.51. The van der Waals surface area contributed by atoms with E-state index < -0.39 is 0 Å². The Morgan fingerprint density at radius 3 is 3.04 bits per heavy atom. The number of amides is 1. The van der Waals surface area contributed by atoms with Crippen molar-refractivity contribution in [2.75, 3.05) is 5.75 Å². The second-order valence-corrected chi connectivity index (χ2v) is 6.73. The normalized spacial score (nSPS) is 16.1. The van der Waals surface area contributed by atoms with Crippen molar-refractivity contribution >= 4 is 17.7 Å². The molecular formula is C18H20N2O2S. The lowest BCUT2D eigenvalue weighted by molar-refractivity contribution is -0.121. The predicted octanol–water partition coefficient (Wildman–Crippen LogP) is 3.21. The van der Waals surface area contributed by atoms with E-state index in [-0.39, 0.29) is 11.9 Å². The zero-order chi connectivity index (χ0) is 16.1. The zero-order valence-corrected chi connectivity index (χ0v) is 13.7. The van der Waals surface area contributed by atoms with Crippen molar-refractivity contribution in [2.45, 2.75) is 31.1 Å². The molecule has 3 rings (SSSR count). The predicted molar refractivity (Wildman–Crippen MR) is 92.3 cm³/mol. The molecule has 23 heavy (non-hydrogen) atoms. The molecule has 0 radical (unpaired) electrons. The number of fused-ring (bicyclic) bond motifs is 1. The van der Waals surface area contributed by atoms with Crippen molar-refractivity contribution < 1.29 is 9.90 Å². The first-order valence-electron chi connectivity index (χ1n) is 7.82. The van der Waals surface area contributed by atoms with Gasteiger partial charge in [0.2, 0.25) is 5.91 Å². The van der Waals surface area contributed by atoms with Gasteiger partial charge in [0, 0.05) is 24.1 Å². The summed E-state index contributed by atoms with van der Waals surface area (Å²) in [6.45, 7) is 0. The molecule has 1 amide bonds. The third-order valence-electron chi connectivity index (χ3n) is 4.03. The summed E-state index contributed by atoms with van der Waals surface area (Å²) in [5.74, 6) is 2.01.